The highest BCUT2D eigenvalue weighted by Gasteiger charge is 2.31. The molecule has 5 heteroatoms. The highest BCUT2D eigenvalue weighted by molar-refractivity contribution is 5.80. The topological polar surface area (TPSA) is 58.2 Å². The summed E-state index contributed by atoms with van der Waals surface area (Å²) >= 11 is 0. The van der Waals surface area contributed by atoms with Crippen LogP contribution in [0.3, 0.4) is 0 Å². The summed E-state index contributed by atoms with van der Waals surface area (Å²) in [5.74, 6) is 0.343. The van der Waals surface area contributed by atoms with Crippen molar-refractivity contribution in [3.63, 3.8) is 0 Å². The number of rotatable bonds is 1. The second-order valence-electron chi connectivity index (χ2n) is 6.56. The minimum atomic E-state index is -0.445. The van der Waals surface area contributed by atoms with Gasteiger partial charge in [0, 0.05) is 36.8 Å². The zero-order chi connectivity index (χ0) is 15.0. The summed E-state index contributed by atoms with van der Waals surface area (Å²) in [7, 11) is 0. The molecule has 1 amide bonds. The van der Waals surface area contributed by atoms with Gasteiger partial charge >= 0.3 is 6.09 Å². The lowest BCUT2D eigenvalue weighted by atomic mass is 9.99. The van der Waals surface area contributed by atoms with Gasteiger partial charge in [0.05, 0.1) is 0 Å². The van der Waals surface area contributed by atoms with Crippen LogP contribution >= 0.6 is 0 Å². The molecule has 1 aliphatic heterocycles. The van der Waals surface area contributed by atoms with Gasteiger partial charge < -0.3 is 14.6 Å². The van der Waals surface area contributed by atoms with E-state index < -0.39 is 5.60 Å². The van der Waals surface area contributed by atoms with Gasteiger partial charge in [-0.2, -0.15) is 0 Å². The lowest BCUT2D eigenvalue weighted by Gasteiger charge is -2.24. The van der Waals surface area contributed by atoms with Crippen LogP contribution < -0.4 is 0 Å². The van der Waals surface area contributed by atoms with Crippen molar-refractivity contribution in [2.45, 2.75) is 38.7 Å². The maximum absolute atomic E-state index is 12.1. The second kappa shape index (κ2) is 5.06. The zero-order valence-electron chi connectivity index (χ0n) is 12.7. The molecule has 0 saturated carbocycles. The number of hydrogen-bond donors (Lipinski definition) is 1. The van der Waals surface area contributed by atoms with Crippen molar-refractivity contribution >= 4 is 17.1 Å². The van der Waals surface area contributed by atoms with Gasteiger partial charge in [0.15, 0.2) is 0 Å². The van der Waals surface area contributed by atoms with Gasteiger partial charge in [-0.15, -0.1) is 0 Å². The van der Waals surface area contributed by atoms with Crippen LogP contribution in [-0.4, -0.2) is 39.7 Å². The van der Waals surface area contributed by atoms with Crippen molar-refractivity contribution in [3.05, 3.63) is 30.1 Å². The van der Waals surface area contributed by atoms with E-state index in [4.69, 9.17) is 4.74 Å². The third-order valence-electron chi connectivity index (χ3n) is 3.76. The Bertz CT molecular complexity index is 657. The van der Waals surface area contributed by atoms with Gasteiger partial charge in [-0.1, -0.05) is 0 Å². The van der Waals surface area contributed by atoms with Crippen LogP contribution in [0.15, 0.2) is 24.5 Å². The van der Waals surface area contributed by atoms with E-state index in [-0.39, 0.29) is 6.09 Å². The van der Waals surface area contributed by atoms with Crippen molar-refractivity contribution in [2.24, 2.45) is 0 Å². The number of aromatic nitrogens is 2. The molecule has 0 aliphatic carbocycles. The number of amides is 1. The summed E-state index contributed by atoms with van der Waals surface area (Å²) in [5, 5.41) is 1.15. The molecule has 1 fully saturated rings. The van der Waals surface area contributed by atoms with E-state index in [9.17, 15) is 4.79 Å². The lowest BCUT2D eigenvalue weighted by Crippen LogP contribution is -2.35. The summed E-state index contributed by atoms with van der Waals surface area (Å²) in [4.78, 5) is 21.4. The maximum atomic E-state index is 12.1. The van der Waals surface area contributed by atoms with E-state index in [1.807, 2.05) is 33.0 Å². The molecule has 112 valence electrons. The fourth-order valence-corrected chi connectivity index (χ4v) is 2.82. The number of likely N-dealkylation sites (tertiary alicyclic amines) is 1. The van der Waals surface area contributed by atoms with Gasteiger partial charge in [-0.05, 0) is 44.9 Å². The van der Waals surface area contributed by atoms with Crippen LogP contribution in [0.2, 0.25) is 0 Å². The SMILES string of the molecule is CC(C)(C)OC(=O)N1CCC(c2c[nH]c3ncccc23)C1. The lowest BCUT2D eigenvalue weighted by molar-refractivity contribution is 0.0292. The Labute approximate surface area is 124 Å². The first-order chi connectivity index (χ1) is 9.94. The standard InChI is InChI=1S/C16H21N3O2/c1-16(2,3)21-15(20)19-8-6-11(10-19)13-9-18-14-12(13)5-4-7-17-14/h4-5,7,9,11H,6,8,10H2,1-3H3,(H,17,18). The van der Waals surface area contributed by atoms with Crippen LogP contribution in [-0.2, 0) is 4.74 Å². The fraction of sp³-hybridized carbons (Fsp3) is 0.500. The first kappa shape index (κ1) is 13.9. The van der Waals surface area contributed by atoms with Gasteiger partial charge in [0.25, 0.3) is 0 Å². The predicted molar refractivity (Wildman–Crippen MR) is 81.3 cm³/mol. The number of nitrogens with zero attached hydrogens (tertiary/aromatic N) is 2. The normalized spacial score (nSPS) is 19.2. The Kier molecular flexibility index (Phi) is 3.35. The first-order valence-corrected chi connectivity index (χ1v) is 7.34. The Balaban J connectivity index is 1.74. The molecule has 0 radical (unpaired) electrons. The van der Waals surface area contributed by atoms with Crippen LogP contribution in [0.1, 0.15) is 38.7 Å². The summed E-state index contributed by atoms with van der Waals surface area (Å²) in [5.41, 5.74) is 1.70. The van der Waals surface area contributed by atoms with Crippen molar-refractivity contribution in [1.82, 2.24) is 14.9 Å². The number of carbonyl (C=O) groups is 1. The zero-order valence-corrected chi connectivity index (χ0v) is 12.7. The number of carbonyl (C=O) groups excluding carboxylic acids is 1. The van der Waals surface area contributed by atoms with Crippen LogP contribution in [0, 0.1) is 0 Å². The average Bonchev–Trinajstić information content (AvgIpc) is 3.03. The Morgan fingerprint density at radius 2 is 2.29 bits per heavy atom. The molecule has 1 N–H and O–H groups in total. The molecule has 2 aromatic rings. The molecule has 2 aromatic heterocycles. The summed E-state index contributed by atoms with van der Waals surface area (Å²) < 4.78 is 5.44. The molecule has 0 spiro atoms. The van der Waals surface area contributed by atoms with E-state index in [0.29, 0.717) is 12.5 Å². The highest BCUT2D eigenvalue weighted by atomic mass is 16.6. The van der Waals surface area contributed by atoms with Gasteiger partial charge in [0.2, 0.25) is 0 Å². The third-order valence-corrected chi connectivity index (χ3v) is 3.76. The molecule has 1 saturated heterocycles. The summed E-state index contributed by atoms with van der Waals surface area (Å²) in [6, 6.07) is 4.02. The molecule has 0 aromatic carbocycles. The Morgan fingerprint density at radius 1 is 1.48 bits per heavy atom. The molecule has 0 bridgehead atoms. The minimum Gasteiger partial charge on any atom is -0.444 e. The molecule has 5 nitrogen and oxygen atoms in total. The van der Waals surface area contributed by atoms with E-state index in [1.165, 1.54) is 5.56 Å². The second-order valence-corrected chi connectivity index (χ2v) is 6.56. The van der Waals surface area contributed by atoms with E-state index in [0.717, 1.165) is 24.0 Å². The average molecular weight is 287 g/mol. The molecule has 1 atom stereocenters. The van der Waals surface area contributed by atoms with Crippen LogP contribution in [0.4, 0.5) is 4.79 Å². The summed E-state index contributed by atoms with van der Waals surface area (Å²) in [6.45, 7) is 7.13. The number of fused-ring (bicyclic) bond motifs is 1. The molecular weight excluding hydrogens is 266 g/mol. The third kappa shape index (κ3) is 2.86. The minimum absolute atomic E-state index is 0.219. The number of aromatic amines is 1. The van der Waals surface area contributed by atoms with Crippen molar-refractivity contribution in [2.75, 3.05) is 13.1 Å². The fourth-order valence-electron chi connectivity index (χ4n) is 2.82. The quantitative estimate of drug-likeness (QED) is 0.875. The molecule has 3 heterocycles. The van der Waals surface area contributed by atoms with Crippen molar-refractivity contribution < 1.29 is 9.53 Å². The summed E-state index contributed by atoms with van der Waals surface area (Å²) in [6.07, 6.45) is 4.54. The number of ether oxygens (including phenoxy) is 1. The predicted octanol–water partition coefficient (Wildman–Crippen LogP) is 3.29. The van der Waals surface area contributed by atoms with Gasteiger partial charge in [0.1, 0.15) is 11.2 Å². The van der Waals surface area contributed by atoms with E-state index >= 15 is 0 Å². The molecule has 1 unspecified atom stereocenters. The molecular formula is C16H21N3O2. The number of nitrogens with one attached hydrogen (secondary N) is 1. The van der Waals surface area contributed by atoms with Crippen LogP contribution in [0.25, 0.3) is 11.0 Å². The van der Waals surface area contributed by atoms with E-state index in [1.54, 1.807) is 11.1 Å². The molecule has 21 heavy (non-hydrogen) atoms. The number of hydrogen-bond acceptors (Lipinski definition) is 3. The van der Waals surface area contributed by atoms with E-state index in [2.05, 4.69) is 16.0 Å². The highest BCUT2D eigenvalue weighted by Crippen LogP contribution is 2.32. The number of H-pyrrole nitrogens is 1. The van der Waals surface area contributed by atoms with Gasteiger partial charge in [-0.25, -0.2) is 9.78 Å². The van der Waals surface area contributed by atoms with Crippen molar-refractivity contribution in [3.8, 4) is 0 Å². The maximum Gasteiger partial charge on any atom is 0.410 e. The monoisotopic (exact) mass is 287 g/mol. The smallest absolute Gasteiger partial charge is 0.410 e. The number of pyridine rings is 1. The van der Waals surface area contributed by atoms with Crippen LogP contribution in [0.5, 0.6) is 0 Å². The first-order valence-electron chi connectivity index (χ1n) is 7.34. The Hall–Kier alpha value is -2.04. The van der Waals surface area contributed by atoms with Crippen molar-refractivity contribution in [1.29, 1.82) is 0 Å². The largest absolute Gasteiger partial charge is 0.444 e. The Morgan fingerprint density at radius 3 is 3.05 bits per heavy atom. The molecule has 3 rings (SSSR count). The van der Waals surface area contributed by atoms with Gasteiger partial charge in [-0.3, -0.25) is 0 Å². The molecule has 1 aliphatic rings.